The quantitative estimate of drug-likeness (QED) is 0.352. The first-order valence-corrected chi connectivity index (χ1v) is 11.2. The second-order valence-electron chi connectivity index (χ2n) is 7.12. The molecule has 0 radical (unpaired) electrons. The Kier molecular flexibility index (Phi) is 5.46. The average molecular weight is 461 g/mol. The number of nitrogens with zero attached hydrogens (tertiary/aromatic N) is 6. The predicted octanol–water partition coefficient (Wildman–Crippen LogP) is 4.75. The van der Waals surface area contributed by atoms with Gasteiger partial charge in [0, 0.05) is 10.6 Å². The van der Waals surface area contributed by atoms with Crippen molar-refractivity contribution in [3.63, 3.8) is 0 Å². The van der Waals surface area contributed by atoms with Gasteiger partial charge in [0.05, 0.1) is 17.0 Å². The van der Waals surface area contributed by atoms with E-state index < -0.39 is 0 Å². The molecule has 3 aromatic carbocycles. The Hall–Kier alpha value is -3.49. The smallest absolute Gasteiger partial charge is 0.270 e. The molecule has 2 heterocycles. The van der Waals surface area contributed by atoms with Crippen LogP contribution in [0.2, 0.25) is 5.02 Å². The molecule has 7 nitrogen and oxygen atoms in total. The van der Waals surface area contributed by atoms with Gasteiger partial charge >= 0.3 is 0 Å². The Morgan fingerprint density at radius 1 is 0.906 bits per heavy atom. The van der Waals surface area contributed by atoms with Crippen LogP contribution in [-0.2, 0) is 5.88 Å². The van der Waals surface area contributed by atoms with E-state index in [-0.39, 0.29) is 11.4 Å². The Morgan fingerprint density at radius 3 is 2.47 bits per heavy atom. The van der Waals surface area contributed by atoms with Crippen molar-refractivity contribution in [3.05, 3.63) is 93.7 Å². The number of aryl methyl sites for hydroxylation is 1. The molecule has 0 N–H and O–H groups in total. The van der Waals surface area contributed by atoms with Gasteiger partial charge in [-0.05, 0) is 55.0 Å². The zero-order valence-corrected chi connectivity index (χ0v) is 18.6. The summed E-state index contributed by atoms with van der Waals surface area (Å²) in [7, 11) is 0. The number of benzene rings is 3. The van der Waals surface area contributed by atoms with Crippen molar-refractivity contribution in [2.24, 2.45) is 0 Å². The van der Waals surface area contributed by atoms with Gasteiger partial charge in [0.15, 0.2) is 11.0 Å². The van der Waals surface area contributed by atoms with Gasteiger partial charge in [-0.25, -0.2) is 0 Å². The summed E-state index contributed by atoms with van der Waals surface area (Å²) in [4.78, 5) is 12.8. The maximum atomic E-state index is 12.8. The molecule has 5 aromatic rings. The van der Waals surface area contributed by atoms with Crippen molar-refractivity contribution in [1.82, 2.24) is 29.8 Å². The van der Waals surface area contributed by atoms with Crippen molar-refractivity contribution in [3.8, 4) is 17.1 Å². The largest absolute Gasteiger partial charge is 0.278 e. The van der Waals surface area contributed by atoms with Crippen LogP contribution in [0.5, 0.6) is 0 Å². The minimum Gasteiger partial charge on any atom is -0.270 e. The first kappa shape index (κ1) is 20.4. The maximum absolute atomic E-state index is 12.8. The number of hydrogen-bond donors (Lipinski definition) is 0. The number of rotatable bonds is 5. The van der Waals surface area contributed by atoms with Gasteiger partial charge in [0.1, 0.15) is 5.52 Å². The zero-order valence-electron chi connectivity index (χ0n) is 17.0. The minimum absolute atomic E-state index is 0.192. The lowest BCUT2D eigenvalue weighted by molar-refractivity contribution is 0.643. The molecule has 0 saturated heterocycles. The standard InChI is InChI=1S/C23H17ClN6OS/c1-15-6-2-5-9-20(15)30-21(16-10-12-17(24)13-11-16)26-27-23(30)32-14-29-22(31)18-7-3-4-8-19(18)25-28-29/h2-13H,14H2,1H3. The Morgan fingerprint density at radius 2 is 1.66 bits per heavy atom. The summed E-state index contributed by atoms with van der Waals surface area (Å²) < 4.78 is 3.33. The molecule has 0 aliphatic heterocycles. The molecular formula is C23H17ClN6OS. The SMILES string of the molecule is Cc1ccccc1-n1c(SCn2nnc3ccccc3c2=O)nnc1-c1ccc(Cl)cc1. The Bertz CT molecular complexity index is 1480. The molecule has 0 aliphatic rings. The average Bonchev–Trinajstić information content (AvgIpc) is 3.23. The lowest BCUT2D eigenvalue weighted by Gasteiger charge is -2.13. The number of fused-ring (bicyclic) bond motifs is 1. The summed E-state index contributed by atoms with van der Waals surface area (Å²) in [5.74, 6) is 0.941. The number of halogens is 1. The highest BCUT2D eigenvalue weighted by atomic mass is 35.5. The fraction of sp³-hybridized carbons (Fsp3) is 0.0870. The van der Waals surface area contributed by atoms with E-state index in [1.165, 1.54) is 16.4 Å². The molecule has 0 bridgehead atoms. The third-order valence-corrected chi connectivity index (χ3v) is 6.19. The third kappa shape index (κ3) is 3.79. The van der Waals surface area contributed by atoms with Crippen molar-refractivity contribution in [2.75, 3.05) is 0 Å². The van der Waals surface area contributed by atoms with Gasteiger partial charge in [-0.2, -0.15) is 4.68 Å². The van der Waals surface area contributed by atoms with Gasteiger partial charge in [-0.15, -0.1) is 15.3 Å². The number of aromatic nitrogens is 6. The molecular weight excluding hydrogens is 444 g/mol. The van der Waals surface area contributed by atoms with E-state index in [1.807, 2.05) is 72.2 Å². The minimum atomic E-state index is -0.192. The van der Waals surface area contributed by atoms with Crippen LogP contribution in [0.25, 0.3) is 28.0 Å². The highest BCUT2D eigenvalue weighted by molar-refractivity contribution is 7.98. The predicted molar refractivity (Wildman–Crippen MR) is 126 cm³/mol. The molecule has 0 unspecified atom stereocenters. The van der Waals surface area contributed by atoms with Crippen molar-refractivity contribution < 1.29 is 0 Å². The zero-order chi connectivity index (χ0) is 22.1. The second-order valence-corrected chi connectivity index (χ2v) is 8.47. The van der Waals surface area contributed by atoms with Crippen LogP contribution in [0.3, 0.4) is 0 Å². The van der Waals surface area contributed by atoms with Crippen LogP contribution in [-0.4, -0.2) is 29.8 Å². The molecule has 0 fully saturated rings. The fourth-order valence-electron chi connectivity index (χ4n) is 3.41. The topological polar surface area (TPSA) is 78.5 Å². The molecule has 158 valence electrons. The summed E-state index contributed by atoms with van der Waals surface area (Å²) in [6.45, 7) is 2.04. The molecule has 0 saturated carbocycles. The van der Waals surface area contributed by atoms with E-state index >= 15 is 0 Å². The lowest BCUT2D eigenvalue weighted by atomic mass is 10.1. The summed E-state index contributed by atoms with van der Waals surface area (Å²) in [5, 5.41) is 18.9. The third-order valence-electron chi connectivity index (χ3n) is 5.04. The summed E-state index contributed by atoms with van der Waals surface area (Å²) >= 11 is 7.44. The van der Waals surface area contributed by atoms with Crippen molar-refractivity contribution >= 4 is 34.3 Å². The highest BCUT2D eigenvalue weighted by Crippen LogP contribution is 2.30. The molecule has 0 atom stereocenters. The lowest BCUT2D eigenvalue weighted by Crippen LogP contribution is -2.23. The van der Waals surface area contributed by atoms with Crippen LogP contribution >= 0.6 is 23.4 Å². The molecule has 0 aliphatic carbocycles. The van der Waals surface area contributed by atoms with Gasteiger partial charge in [-0.1, -0.05) is 58.9 Å². The van der Waals surface area contributed by atoms with E-state index in [0.29, 0.717) is 26.9 Å². The number of thioether (sulfide) groups is 1. The number of para-hydroxylation sites is 1. The second kappa shape index (κ2) is 8.57. The van der Waals surface area contributed by atoms with Crippen molar-refractivity contribution in [2.45, 2.75) is 18.0 Å². The maximum Gasteiger partial charge on any atom is 0.278 e. The molecule has 0 spiro atoms. The summed E-state index contributed by atoms with van der Waals surface area (Å²) in [6, 6.07) is 22.7. The first-order chi connectivity index (χ1) is 15.6. The van der Waals surface area contributed by atoms with Gasteiger partial charge in [-0.3, -0.25) is 9.36 Å². The molecule has 32 heavy (non-hydrogen) atoms. The molecule has 0 amide bonds. The Balaban J connectivity index is 1.56. The van der Waals surface area contributed by atoms with Gasteiger partial charge < -0.3 is 0 Å². The summed E-state index contributed by atoms with van der Waals surface area (Å²) in [6.07, 6.45) is 0. The Labute approximate surface area is 192 Å². The van der Waals surface area contributed by atoms with Crippen LogP contribution in [0.1, 0.15) is 5.56 Å². The molecule has 5 rings (SSSR count). The van der Waals surface area contributed by atoms with E-state index in [1.54, 1.807) is 12.1 Å². The van der Waals surface area contributed by atoms with Gasteiger partial charge in [0.2, 0.25) is 0 Å². The van der Waals surface area contributed by atoms with E-state index in [9.17, 15) is 4.79 Å². The van der Waals surface area contributed by atoms with E-state index in [2.05, 4.69) is 20.5 Å². The molecule has 2 aromatic heterocycles. The molecule has 9 heteroatoms. The van der Waals surface area contributed by atoms with E-state index in [0.717, 1.165) is 16.8 Å². The van der Waals surface area contributed by atoms with Crippen molar-refractivity contribution in [1.29, 1.82) is 0 Å². The summed E-state index contributed by atoms with van der Waals surface area (Å²) in [5.41, 5.74) is 3.31. The van der Waals surface area contributed by atoms with Crippen LogP contribution in [0, 0.1) is 6.92 Å². The van der Waals surface area contributed by atoms with Crippen LogP contribution in [0.15, 0.2) is 82.7 Å². The van der Waals surface area contributed by atoms with Crippen LogP contribution < -0.4 is 5.56 Å². The fourth-order valence-corrected chi connectivity index (χ4v) is 4.35. The monoisotopic (exact) mass is 460 g/mol. The van der Waals surface area contributed by atoms with Gasteiger partial charge in [0.25, 0.3) is 5.56 Å². The first-order valence-electron chi connectivity index (χ1n) is 9.84. The normalized spacial score (nSPS) is 11.2. The van der Waals surface area contributed by atoms with E-state index in [4.69, 9.17) is 11.6 Å². The highest BCUT2D eigenvalue weighted by Gasteiger charge is 2.18. The number of hydrogen-bond acceptors (Lipinski definition) is 6. The van der Waals surface area contributed by atoms with Crippen LogP contribution in [0.4, 0.5) is 0 Å².